The van der Waals surface area contributed by atoms with Crippen molar-refractivity contribution in [1.82, 2.24) is 4.90 Å². The van der Waals surface area contributed by atoms with Crippen LogP contribution in [0.4, 0.5) is 0 Å². The van der Waals surface area contributed by atoms with E-state index in [2.05, 4.69) is 47.0 Å². The lowest BCUT2D eigenvalue weighted by Gasteiger charge is -2.18. The molecule has 0 amide bonds. The van der Waals surface area contributed by atoms with E-state index in [0.29, 0.717) is 5.75 Å². The number of thioether (sulfide) groups is 2. The number of phenols is 1. The van der Waals surface area contributed by atoms with E-state index in [1.165, 1.54) is 35.7 Å². The smallest absolute Gasteiger partial charge is 0.115 e. The van der Waals surface area contributed by atoms with Crippen LogP contribution >= 0.6 is 23.5 Å². The molecule has 2 aliphatic rings. The van der Waals surface area contributed by atoms with Crippen molar-refractivity contribution in [1.29, 1.82) is 0 Å². The third kappa shape index (κ3) is 3.93. The van der Waals surface area contributed by atoms with Crippen LogP contribution in [-0.4, -0.2) is 34.2 Å². The number of nitrogens with zero attached hydrogens (tertiary/aromatic N) is 1. The van der Waals surface area contributed by atoms with E-state index in [4.69, 9.17) is 0 Å². The molecule has 2 fully saturated rings. The summed E-state index contributed by atoms with van der Waals surface area (Å²) in [4.78, 5) is 5.26. The Hall–Kier alpha value is -1.10. The number of hydrogen-bond acceptors (Lipinski definition) is 4. The summed E-state index contributed by atoms with van der Waals surface area (Å²) in [5.41, 5.74) is 0. The zero-order valence-corrected chi connectivity index (χ0v) is 15.3. The molecule has 126 valence electrons. The van der Waals surface area contributed by atoms with Gasteiger partial charge in [0, 0.05) is 34.0 Å². The van der Waals surface area contributed by atoms with Crippen LogP contribution in [0.5, 0.6) is 5.75 Å². The minimum absolute atomic E-state index is 0.344. The highest BCUT2D eigenvalue weighted by Gasteiger charge is 2.40. The van der Waals surface area contributed by atoms with E-state index in [1.54, 1.807) is 12.1 Å². The van der Waals surface area contributed by atoms with E-state index in [0.717, 1.165) is 23.0 Å². The van der Waals surface area contributed by atoms with E-state index in [1.807, 2.05) is 23.9 Å². The molecule has 2 aromatic rings. The molecule has 24 heavy (non-hydrogen) atoms. The van der Waals surface area contributed by atoms with Crippen LogP contribution in [-0.2, 0) is 0 Å². The third-order valence-corrected chi connectivity index (χ3v) is 7.44. The lowest BCUT2D eigenvalue weighted by atomic mass is 10.0. The van der Waals surface area contributed by atoms with Gasteiger partial charge < -0.3 is 5.11 Å². The van der Waals surface area contributed by atoms with E-state index >= 15 is 0 Å². The second kappa shape index (κ2) is 7.42. The van der Waals surface area contributed by atoms with Crippen LogP contribution in [0.3, 0.4) is 0 Å². The largest absolute Gasteiger partial charge is 0.508 e. The average Bonchev–Trinajstić information content (AvgIpc) is 3.13. The molecule has 1 aliphatic carbocycles. The van der Waals surface area contributed by atoms with Gasteiger partial charge in [-0.05, 0) is 61.1 Å². The third-order valence-electron chi connectivity index (χ3n) is 5.08. The zero-order chi connectivity index (χ0) is 16.4. The quantitative estimate of drug-likeness (QED) is 0.765. The first kappa shape index (κ1) is 16.4. The van der Waals surface area contributed by atoms with Crippen molar-refractivity contribution in [3.05, 3.63) is 54.6 Å². The molecule has 2 aromatic carbocycles. The van der Waals surface area contributed by atoms with Gasteiger partial charge in [0.25, 0.3) is 0 Å². The summed E-state index contributed by atoms with van der Waals surface area (Å²) in [6.45, 7) is 2.50. The van der Waals surface area contributed by atoms with Gasteiger partial charge in [-0.3, -0.25) is 4.90 Å². The van der Waals surface area contributed by atoms with Gasteiger partial charge in [-0.2, -0.15) is 0 Å². The minimum atomic E-state index is 0.344. The fraction of sp³-hybridized carbons (Fsp3) is 0.400. The molecule has 1 heterocycles. The van der Waals surface area contributed by atoms with Crippen molar-refractivity contribution < 1.29 is 5.11 Å². The molecule has 1 aliphatic heterocycles. The minimum Gasteiger partial charge on any atom is -0.508 e. The summed E-state index contributed by atoms with van der Waals surface area (Å²) in [7, 11) is 0. The van der Waals surface area contributed by atoms with E-state index in [9.17, 15) is 5.11 Å². The summed E-state index contributed by atoms with van der Waals surface area (Å²) in [6.07, 6.45) is 2.73. The summed E-state index contributed by atoms with van der Waals surface area (Å²) < 4.78 is 0. The van der Waals surface area contributed by atoms with Gasteiger partial charge in [0.2, 0.25) is 0 Å². The maximum absolute atomic E-state index is 9.35. The monoisotopic (exact) mass is 357 g/mol. The van der Waals surface area contributed by atoms with E-state index < -0.39 is 0 Å². The van der Waals surface area contributed by atoms with Gasteiger partial charge in [0.05, 0.1) is 0 Å². The predicted octanol–water partition coefficient (Wildman–Crippen LogP) is 4.94. The molecule has 3 atom stereocenters. The number of phenolic OH excluding ortho intramolecular Hbond substituents is 1. The zero-order valence-electron chi connectivity index (χ0n) is 13.7. The SMILES string of the molecule is Oc1ccc(SCN2C[C@H]3CC(Sc4ccccc4)C[C@H]3C2)cc1. The van der Waals surface area contributed by atoms with Gasteiger partial charge in [0.1, 0.15) is 5.75 Å². The van der Waals surface area contributed by atoms with Crippen LogP contribution < -0.4 is 0 Å². The Morgan fingerprint density at radius 2 is 1.54 bits per heavy atom. The molecular weight excluding hydrogens is 334 g/mol. The first-order valence-electron chi connectivity index (χ1n) is 8.62. The topological polar surface area (TPSA) is 23.5 Å². The van der Waals surface area contributed by atoms with Gasteiger partial charge in [-0.15, -0.1) is 23.5 Å². The molecule has 1 saturated heterocycles. The van der Waals surface area contributed by atoms with Gasteiger partial charge >= 0.3 is 0 Å². The summed E-state index contributed by atoms with van der Waals surface area (Å²) in [5.74, 6) is 3.17. The van der Waals surface area contributed by atoms with Crippen molar-refractivity contribution >= 4 is 23.5 Å². The predicted molar refractivity (Wildman–Crippen MR) is 103 cm³/mol. The van der Waals surface area contributed by atoms with Gasteiger partial charge in [0.15, 0.2) is 0 Å². The molecule has 1 saturated carbocycles. The molecular formula is C20H23NOS2. The summed E-state index contributed by atoms with van der Waals surface area (Å²) >= 11 is 3.95. The average molecular weight is 358 g/mol. The fourth-order valence-corrected chi connectivity index (χ4v) is 6.20. The first-order chi connectivity index (χ1) is 11.8. The van der Waals surface area contributed by atoms with Crippen LogP contribution in [0.2, 0.25) is 0 Å². The number of fused-ring (bicyclic) bond motifs is 1. The molecule has 0 spiro atoms. The molecule has 0 aromatic heterocycles. The summed E-state index contributed by atoms with van der Waals surface area (Å²) in [5, 5.41) is 10.2. The number of hydrogen-bond donors (Lipinski definition) is 1. The number of rotatable bonds is 5. The first-order valence-corrected chi connectivity index (χ1v) is 10.5. The molecule has 4 rings (SSSR count). The number of benzene rings is 2. The normalized spacial score (nSPS) is 26.6. The molecule has 4 heteroatoms. The van der Waals surface area contributed by atoms with Crippen LogP contribution in [0.25, 0.3) is 0 Å². The van der Waals surface area contributed by atoms with Crippen molar-refractivity contribution in [2.45, 2.75) is 27.9 Å². The maximum atomic E-state index is 9.35. The highest BCUT2D eigenvalue weighted by molar-refractivity contribution is 8.00. The van der Waals surface area contributed by atoms with Crippen molar-refractivity contribution in [2.24, 2.45) is 11.8 Å². The Morgan fingerprint density at radius 3 is 2.21 bits per heavy atom. The standard InChI is InChI=1S/C20H23NOS2/c22-17-6-8-18(9-7-17)23-14-21-12-15-10-20(11-16(15)13-21)24-19-4-2-1-3-5-19/h1-9,15-16,20,22H,10-14H2/t15-,16+,20?. The van der Waals surface area contributed by atoms with Crippen LogP contribution in [0.15, 0.2) is 64.4 Å². The lowest BCUT2D eigenvalue weighted by Crippen LogP contribution is -2.22. The molecule has 1 N–H and O–H groups in total. The molecule has 0 bridgehead atoms. The van der Waals surface area contributed by atoms with Crippen LogP contribution in [0.1, 0.15) is 12.8 Å². The Labute approximate surface area is 152 Å². The van der Waals surface area contributed by atoms with E-state index in [-0.39, 0.29) is 0 Å². The van der Waals surface area contributed by atoms with Crippen molar-refractivity contribution in [3.63, 3.8) is 0 Å². The second-order valence-electron chi connectivity index (χ2n) is 6.85. The van der Waals surface area contributed by atoms with Gasteiger partial charge in [-0.1, -0.05) is 18.2 Å². The number of aromatic hydroxyl groups is 1. The van der Waals surface area contributed by atoms with Crippen molar-refractivity contribution in [3.8, 4) is 5.75 Å². The van der Waals surface area contributed by atoms with Crippen LogP contribution in [0, 0.1) is 11.8 Å². The summed E-state index contributed by atoms with van der Waals surface area (Å²) in [6, 6.07) is 18.4. The fourth-order valence-electron chi connectivity index (χ4n) is 3.94. The second-order valence-corrected chi connectivity index (χ2v) is 9.24. The lowest BCUT2D eigenvalue weighted by molar-refractivity contribution is 0.365. The maximum Gasteiger partial charge on any atom is 0.115 e. The van der Waals surface area contributed by atoms with Gasteiger partial charge in [-0.25, -0.2) is 0 Å². The highest BCUT2D eigenvalue weighted by Crippen LogP contribution is 2.45. The Morgan fingerprint density at radius 1 is 0.875 bits per heavy atom. The number of likely N-dealkylation sites (tertiary alicyclic amines) is 1. The molecule has 2 nitrogen and oxygen atoms in total. The Balaban J connectivity index is 1.25. The van der Waals surface area contributed by atoms with Crippen molar-refractivity contribution in [2.75, 3.05) is 19.0 Å². The molecule has 0 radical (unpaired) electrons. The molecule has 1 unspecified atom stereocenters. The Kier molecular flexibility index (Phi) is 5.06. The Bertz CT molecular complexity index is 647. The highest BCUT2D eigenvalue weighted by atomic mass is 32.2.